The van der Waals surface area contributed by atoms with Gasteiger partial charge in [-0.2, -0.15) is 0 Å². The van der Waals surface area contributed by atoms with E-state index < -0.39 is 0 Å². The van der Waals surface area contributed by atoms with Gasteiger partial charge in [-0.1, -0.05) is 19.3 Å². The molecule has 1 aliphatic heterocycles. The van der Waals surface area contributed by atoms with E-state index in [0.29, 0.717) is 17.7 Å². The maximum absolute atomic E-state index is 12.3. The fourth-order valence-corrected chi connectivity index (χ4v) is 3.16. The summed E-state index contributed by atoms with van der Waals surface area (Å²) in [5.74, 6) is 1.43. The van der Waals surface area contributed by atoms with E-state index >= 15 is 0 Å². The monoisotopic (exact) mass is 239 g/mol. The van der Waals surface area contributed by atoms with Crippen molar-refractivity contribution in [2.45, 2.75) is 44.9 Å². The van der Waals surface area contributed by atoms with Crippen LogP contribution in [-0.2, 0) is 9.53 Å². The molecule has 0 N–H and O–H groups in total. The Morgan fingerprint density at radius 2 is 1.76 bits per heavy atom. The van der Waals surface area contributed by atoms with Crippen LogP contribution in [0.5, 0.6) is 0 Å². The van der Waals surface area contributed by atoms with Gasteiger partial charge in [-0.3, -0.25) is 4.79 Å². The highest BCUT2D eigenvalue weighted by molar-refractivity contribution is 5.79. The van der Waals surface area contributed by atoms with Gasteiger partial charge in [0, 0.05) is 32.7 Å². The van der Waals surface area contributed by atoms with Crippen LogP contribution in [0.1, 0.15) is 44.9 Å². The molecule has 0 aromatic carbocycles. The Balaban J connectivity index is 1.77. The van der Waals surface area contributed by atoms with Crippen LogP contribution in [0.15, 0.2) is 0 Å². The third-order valence-electron chi connectivity index (χ3n) is 4.28. The Bertz CT molecular complexity index is 241. The largest absolute Gasteiger partial charge is 0.384 e. The number of methoxy groups -OCH3 is 1. The number of hydrogen-bond acceptors (Lipinski definition) is 2. The van der Waals surface area contributed by atoms with Crippen LogP contribution >= 0.6 is 0 Å². The van der Waals surface area contributed by atoms with Gasteiger partial charge in [0.15, 0.2) is 0 Å². The SMILES string of the molecule is COCC1CCN(C(=O)C2CCCCC2)CC1. The molecular formula is C14H25NO2. The molecule has 3 heteroatoms. The first-order valence-electron chi connectivity index (χ1n) is 7.09. The minimum absolute atomic E-state index is 0.336. The number of carbonyl (C=O) groups is 1. The minimum Gasteiger partial charge on any atom is -0.384 e. The van der Waals surface area contributed by atoms with Crippen LogP contribution in [-0.4, -0.2) is 37.6 Å². The number of rotatable bonds is 3. The van der Waals surface area contributed by atoms with Gasteiger partial charge in [0.1, 0.15) is 0 Å². The Morgan fingerprint density at radius 3 is 2.35 bits per heavy atom. The number of likely N-dealkylation sites (tertiary alicyclic amines) is 1. The summed E-state index contributed by atoms with van der Waals surface area (Å²) in [6, 6.07) is 0. The molecule has 1 heterocycles. The normalized spacial score (nSPS) is 23.9. The van der Waals surface area contributed by atoms with Gasteiger partial charge in [-0.05, 0) is 31.6 Å². The molecule has 0 bridgehead atoms. The van der Waals surface area contributed by atoms with E-state index in [2.05, 4.69) is 4.90 Å². The van der Waals surface area contributed by atoms with Crippen LogP contribution in [0, 0.1) is 11.8 Å². The number of piperidine rings is 1. The van der Waals surface area contributed by atoms with Crippen LogP contribution in [0.2, 0.25) is 0 Å². The van der Waals surface area contributed by atoms with Crippen molar-refractivity contribution in [1.82, 2.24) is 4.90 Å². The third kappa shape index (κ3) is 3.44. The molecule has 0 unspecified atom stereocenters. The second kappa shape index (κ2) is 6.39. The van der Waals surface area contributed by atoms with Crippen molar-refractivity contribution in [1.29, 1.82) is 0 Å². The van der Waals surface area contributed by atoms with Crippen molar-refractivity contribution >= 4 is 5.91 Å². The summed E-state index contributed by atoms with van der Waals surface area (Å²) in [4.78, 5) is 14.4. The van der Waals surface area contributed by atoms with E-state index in [9.17, 15) is 4.79 Å². The maximum Gasteiger partial charge on any atom is 0.225 e. The van der Waals surface area contributed by atoms with Crippen molar-refractivity contribution < 1.29 is 9.53 Å². The Kier molecular flexibility index (Phi) is 4.84. The van der Waals surface area contributed by atoms with Gasteiger partial charge in [0.2, 0.25) is 5.91 Å². The first kappa shape index (κ1) is 12.9. The Morgan fingerprint density at radius 1 is 1.12 bits per heavy atom. The van der Waals surface area contributed by atoms with Gasteiger partial charge in [-0.15, -0.1) is 0 Å². The first-order valence-corrected chi connectivity index (χ1v) is 7.09. The van der Waals surface area contributed by atoms with E-state index in [1.54, 1.807) is 7.11 Å². The van der Waals surface area contributed by atoms with Crippen LogP contribution < -0.4 is 0 Å². The van der Waals surface area contributed by atoms with Crippen molar-refractivity contribution in [3.63, 3.8) is 0 Å². The summed E-state index contributed by atoms with van der Waals surface area (Å²) in [5, 5.41) is 0. The summed E-state index contributed by atoms with van der Waals surface area (Å²) in [5.41, 5.74) is 0. The van der Waals surface area contributed by atoms with Gasteiger partial charge < -0.3 is 9.64 Å². The van der Waals surface area contributed by atoms with E-state index in [1.165, 1.54) is 19.3 Å². The maximum atomic E-state index is 12.3. The third-order valence-corrected chi connectivity index (χ3v) is 4.28. The molecule has 0 radical (unpaired) electrons. The van der Waals surface area contributed by atoms with Crippen LogP contribution in [0.3, 0.4) is 0 Å². The van der Waals surface area contributed by atoms with E-state index in [1.807, 2.05) is 0 Å². The Labute approximate surface area is 105 Å². The predicted octanol–water partition coefficient (Wildman–Crippen LogP) is 2.45. The Hall–Kier alpha value is -0.570. The second-order valence-electron chi connectivity index (χ2n) is 5.56. The van der Waals surface area contributed by atoms with Gasteiger partial charge >= 0.3 is 0 Å². The van der Waals surface area contributed by atoms with Crippen molar-refractivity contribution in [2.75, 3.05) is 26.8 Å². The number of carbonyl (C=O) groups excluding carboxylic acids is 1. The molecule has 1 saturated carbocycles. The van der Waals surface area contributed by atoms with Crippen molar-refractivity contribution in [3.8, 4) is 0 Å². The highest BCUT2D eigenvalue weighted by atomic mass is 16.5. The molecule has 1 saturated heterocycles. The molecule has 0 aromatic rings. The van der Waals surface area contributed by atoms with E-state index in [0.717, 1.165) is 45.4 Å². The average molecular weight is 239 g/mol. The zero-order chi connectivity index (χ0) is 12.1. The molecular weight excluding hydrogens is 214 g/mol. The number of ether oxygens (including phenoxy) is 1. The summed E-state index contributed by atoms with van der Waals surface area (Å²) >= 11 is 0. The summed E-state index contributed by atoms with van der Waals surface area (Å²) in [6.07, 6.45) is 8.29. The van der Waals surface area contributed by atoms with E-state index in [4.69, 9.17) is 4.74 Å². The molecule has 98 valence electrons. The van der Waals surface area contributed by atoms with Crippen molar-refractivity contribution in [2.24, 2.45) is 11.8 Å². The smallest absolute Gasteiger partial charge is 0.225 e. The van der Waals surface area contributed by atoms with Crippen LogP contribution in [0.25, 0.3) is 0 Å². The van der Waals surface area contributed by atoms with Crippen molar-refractivity contribution in [3.05, 3.63) is 0 Å². The molecule has 2 aliphatic rings. The lowest BCUT2D eigenvalue weighted by atomic mass is 9.87. The second-order valence-corrected chi connectivity index (χ2v) is 5.56. The zero-order valence-corrected chi connectivity index (χ0v) is 11.0. The molecule has 1 amide bonds. The van der Waals surface area contributed by atoms with Gasteiger partial charge in [0.05, 0.1) is 0 Å². The summed E-state index contributed by atoms with van der Waals surface area (Å²) in [7, 11) is 1.76. The fourth-order valence-electron chi connectivity index (χ4n) is 3.16. The molecule has 3 nitrogen and oxygen atoms in total. The van der Waals surface area contributed by atoms with Crippen LogP contribution in [0.4, 0.5) is 0 Å². The highest BCUT2D eigenvalue weighted by Crippen LogP contribution is 2.27. The molecule has 0 spiro atoms. The van der Waals surface area contributed by atoms with E-state index in [-0.39, 0.29) is 0 Å². The molecule has 0 aromatic heterocycles. The highest BCUT2D eigenvalue weighted by Gasteiger charge is 2.28. The standard InChI is InChI=1S/C14H25NO2/c1-17-11-12-7-9-15(10-8-12)14(16)13-5-3-2-4-6-13/h12-13H,2-11H2,1H3. The molecule has 0 atom stereocenters. The summed E-state index contributed by atoms with van der Waals surface area (Å²) < 4.78 is 5.19. The molecule has 2 rings (SSSR count). The topological polar surface area (TPSA) is 29.5 Å². The van der Waals surface area contributed by atoms with Gasteiger partial charge in [0.25, 0.3) is 0 Å². The molecule has 2 fully saturated rings. The number of nitrogens with zero attached hydrogens (tertiary/aromatic N) is 1. The lowest BCUT2D eigenvalue weighted by molar-refractivity contribution is -0.138. The number of hydrogen-bond donors (Lipinski definition) is 0. The first-order chi connectivity index (χ1) is 8.31. The molecule has 1 aliphatic carbocycles. The summed E-state index contributed by atoms with van der Waals surface area (Å²) in [6.45, 7) is 2.75. The lowest BCUT2D eigenvalue weighted by Crippen LogP contribution is -2.42. The predicted molar refractivity (Wildman–Crippen MR) is 67.8 cm³/mol. The molecule has 17 heavy (non-hydrogen) atoms. The number of amides is 1. The lowest BCUT2D eigenvalue weighted by Gasteiger charge is -2.35. The average Bonchev–Trinajstić information content (AvgIpc) is 2.40. The zero-order valence-electron chi connectivity index (χ0n) is 11.0. The minimum atomic E-state index is 0.336. The quantitative estimate of drug-likeness (QED) is 0.757. The fraction of sp³-hybridized carbons (Fsp3) is 0.929. The van der Waals surface area contributed by atoms with Gasteiger partial charge in [-0.25, -0.2) is 0 Å².